The number of benzene rings is 1. The average Bonchev–Trinajstić information content (AvgIpc) is 2.46. The van der Waals surface area contributed by atoms with Gasteiger partial charge in [-0.1, -0.05) is 38.1 Å². The van der Waals surface area contributed by atoms with Gasteiger partial charge in [-0.2, -0.15) is 0 Å². The quantitative estimate of drug-likeness (QED) is 0.827. The van der Waals surface area contributed by atoms with Gasteiger partial charge in [0.1, 0.15) is 0 Å². The van der Waals surface area contributed by atoms with Gasteiger partial charge < -0.3 is 10.6 Å². The van der Waals surface area contributed by atoms with Crippen molar-refractivity contribution in [2.45, 2.75) is 38.6 Å². The monoisotopic (exact) mass is 272 g/mol. The topological polar surface area (TPSA) is 41.1 Å². The second-order valence-electron chi connectivity index (χ2n) is 5.71. The second kappa shape index (κ2) is 7.25. The Balaban J connectivity index is 1.86. The highest BCUT2D eigenvalue weighted by molar-refractivity contribution is 5.91. The van der Waals surface area contributed by atoms with Crippen LogP contribution in [0.5, 0.6) is 0 Å². The van der Waals surface area contributed by atoms with Gasteiger partial charge in [0.05, 0.1) is 0 Å². The number of carbonyl (C=O) groups excluding carboxylic acids is 1. The van der Waals surface area contributed by atoms with Crippen molar-refractivity contribution in [1.82, 2.24) is 10.6 Å². The average molecular weight is 272 g/mol. The molecule has 2 rings (SSSR count). The molecule has 1 fully saturated rings. The van der Waals surface area contributed by atoms with Crippen LogP contribution in [0.1, 0.15) is 43.7 Å². The van der Waals surface area contributed by atoms with Crippen LogP contribution in [0.3, 0.4) is 0 Å². The predicted molar refractivity (Wildman–Crippen MR) is 83.6 cm³/mol. The lowest BCUT2D eigenvalue weighted by Gasteiger charge is -2.23. The first-order valence-electron chi connectivity index (χ1n) is 7.44. The van der Waals surface area contributed by atoms with Crippen LogP contribution in [0.2, 0.25) is 0 Å². The van der Waals surface area contributed by atoms with Crippen molar-refractivity contribution in [1.29, 1.82) is 0 Å². The summed E-state index contributed by atoms with van der Waals surface area (Å²) in [5.74, 6) is 0.529. The van der Waals surface area contributed by atoms with Crippen molar-refractivity contribution < 1.29 is 4.79 Å². The molecular weight excluding hydrogens is 248 g/mol. The lowest BCUT2D eigenvalue weighted by Crippen LogP contribution is -2.45. The molecule has 1 amide bonds. The Labute approximate surface area is 121 Å². The van der Waals surface area contributed by atoms with E-state index in [0.717, 1.165) is 31.5 Å². The number of hydrogen-bond acceptors (Lipinski definition) is 2. The van der Waals surface area contributed by atoms with E-state index >= 15 is 0 Å². The minimum Gasteiger partial charge on any atom is -0.349 e. The molecule has 3 heteroatoms. The van der Waals surface area contributed by atoms with Gasteiger partial charge in [0.25, 0.3) is 0 Å². The molecule has 0 spiro atoms. The summed E-state index contributed by atoms with van der Waals surface area (Å²) in [7, 11) is 0. The molecule has 3 nitrogen and oxygen atoms in total. The fourth-order valence-electron chi connectivity index (χ4n) is 2.39. The summed E-state index contributed by atoms with van der Waals surface area (Å²) in [6.07, 6.45) is 5.69. The number of rotatable bonds is 4. The maximum atomic E-state index is 11.8. The highest BCUT2D eigenvalue weighted by atomic mass is 16.1. The Bertz CT molecular complexity index is 456. The number of piperidine rings is 1. The van der Waals surface area contributed by atoms with Crippen molar-refractivity contribution in [3.63, 3.8) is 0 Å². The molecule has 0 radical (unpaired) electrons. The summed E-state index contributed by atoms with van der Waals surface area (Å²) >= 11 is 0. The van der Waals surface area contributed by atoms with Gasteiger partial charge >= 0.3 is 0 Å². The number of amides is 1. The second-order valence-corrected chi connectivity index (χ2v) is 5.71. The van der Waals surface area contributed by atoms with Crippen LogP contribution in [0.15, 0.2) is 30.3 Å². The minimum atomic E-state index is -0.00774. The van der Waals surface area contributed by atoms with Crippen molar-refractivity contribution in [3.05, 3.63) is 41.5 Å². The molecule has 108 valence electrons. The highest BCUT2D eigenvalue weighted by Crippen LogP contribution is 2.15. The maximum Gasteiger partial charge on any atom is 0.244 e. The van der Waals surface area contributed by atoms with Crippen LogP contribution in [-0.2, 0) is 4.79 Å². The lowest BCUT2D eigenvalue weighted by molar-refractivity contribution is -0.117. The standard InChI is InChI=1S/C17H24N2O/c1-13(2)15-8-5-14(6-9-15)7-10-17(20)19-16-4-3-11-18-12-16/h5-10,13,16,18H,3-4,11-12H2,1-2H3,(H,19,20)/b10-7+. The summed E-state index contributed by atoms with van der Waals surface area (Å²) in [4.78, 5) is 11.8. The molecule has 1 aromatic carbocycles. The normalized spacial score (nSPS) is 19.4. The zero-order valence-corrected chi connectivity index (χ0v) is 12.4. The summed E-state index contributed by atoms with van der Waals surface area (Å²) in [6.45, 7) is 6.29. The molecule has 0 aliphatic carbocycles. The Kier molecular flexibility index (Phi) is 5.36. The van der Waals surface area contributed by atoms with Gasteiger partial charge in [0.2, 0.25) is 5.91 Å². The summed E-state index contributed by atoms with van der Waals surface area (Å²) < 4.78 is 0. The Morgan fingerprint density at radius 2 is 2.10 bits per heavy atom. The van der Waals surface area contributed by atoms with Crippen molar-refractivity contribution in [3.8, 4) is 0 Å². The minimum absolute atomic E-state index is 0.00774. The molecule has 1 aliphatic rings. The van der Waals surface area contributed by atoms with Gasteiger partial charge in [0, 0.05) is 18.7 Å². The molecule has 1 saturated heterocycles. The number of nitrogens with one attached hydrogen (secondary N) is 2. The molecule has 2 N–H and O–H groups in total. The summed E-state index contributed by atoms with van der Waals surface area (Å²) in [5, 5.41) is 6.32. The van der Waals surface area contributed by atoms with E-state index < -0.39 is 0 Å². The van der Waals surface area contributed by atoms with E-state index in [0.29, 0.717) is 5.92 Å². The predicted octanol–water partition coefficient (Wildman–Crippen LogP) is 2.69. The Morgan fingerprint density at radius 1 is 1.35 bits per heavy atom. The first-order valence-corrected chi connectivity index (χ1v) is 7.44. The van der Waals surface area contributed by atoms with E-state index in [2.05, 4.69) is 48.7 Å². The van der Waals surface area contributed by atoms with Crippen molar-refractivity contribution >= 4 is 12.0 Å². The molecule has 0 bridgehead atoms. The van der Waals surface area contributed by atoms with Crippen LogP contribution in [-0.4, -0.2) is 25.0 Å². The SMILES string of the molecule is CC(C)c1ccc(/C=C/C(=O)NC2CCCNC2)cc1. The first kappa shape index (κ1) is 14.8. The zero-order valence-electron chi connectivity index (χ0n) is 12.4. The molecule has 1 unspecified atom stereocenters. The Morgan fingerprint density at radius 3 is 2.70 bits per heavy atom. The molecule has 1 aromatic rings. The third-order valence-corrected chi connectivity index (χ3v) is 3.67. The molecular formula is C17H24N2O. The van der Waals surface area contributed by atoms with Crippen molar-refractivity contribution in [2.75, 3.05) is 13.1 Å². The zero-order chi connectivity index (χ0) is 14.4. The molecule has 1 heterocycles. The Hall–Kier alpha value is -1.61. The third kappa shape index (κ3) is 4.49. The van der Waals surface area contributed by atoms with E-state index in [-0.39, 0.29) is 11.9 Å². The summed E-state index contributed by atoms with van der Waals surface area (Å²) in [5.41, 5.74) is 2.38. The number of carbonyl (C=O) groups is 1. The van der Waals surface area contributed by atoms with Gasteiger partial charge in [0.15, 0.2) is 0 Å². The molecule has 20 heavy (non-hydrogen) atoms. The van der Waals surface area contributed by atoms with Crippen LogP contribution in [0.4, 0.5) is 0 Å². The van der Waals surface area contributed by atoms with Crippen LogP contribution >= 0.6 is 0 Å². The first-order chi connectivity index (χ1) is 9.65. The van der Waals surface area contributed by atoms with Crippen LogP contribution in [0.25, 0.3) is 6.08 Å². The lowest BCUT2D eigenvalue weighted by atomic mass is 10.0. The van der Waals surface area contributed by atoms with Crippen LogP contribution < -0.4 is 10.6 Å². The van der Waals surface area contributed by atoms with Crippen LogP contribution in [0, 0.1) is 0 Å². The van der Waals surface area contributed by atoms with E-state index in [4.69, 9.17) is 0 Å². The molecule has 0 saturated carbocycles. The highest BCUT2D eigenvalue weighted by Gasteiger charge is 2.13. The van der Waals surface area contributed by atoms with Gasteiger partial charge in [-0.05, 0) is 42.5 Å². The van der Waals surface area contributed by atoms with E-state index in [9.17, 15) is 4.79 Å². The largest absolute Gasteiger partial charge is 0.349 e. The van der Waals surface area contributed by atoms with Gasteiger partial charge in [-0.25, -0.2) is 0 Å². The maximum absolute atomic E-state index is 11.8. The molecule has 0 aromatic heterocycles. The van der Waals surface area contributed by atoms with E-state index in [1.807, 2.05) is 6.08 Å². The van der Waals surface area contributed by atoms with E-state index in [1.54, 1.807) is 6.08 Å². The number of hydrogen-bond donors (Lipinski definition) is 2. The fourth-order valence-corrected chi connectivity index (χ4v) is 2.39. The summed E-state index contributed by atoms with van der Waals surface area (Å²) in [6, 6.07) is 8.62. The molecule has 1 atom stereocenters. The fraction of sp³-hybridized carbons (Fsp3) is 0.471. The molecule has 1 aliphatic heterocycles. The third-order valence-electron chi connectivity index (χ3n) is 3.67. The van der Waals surface area contributed by atoms with E-state index in [1.165, 1.54) is 5.56 Å². The van der Waals surface area contributed by atoms with Gasteiger partial charge in [-0.15, -0.1) is 0 Å². The van der Waals surface area contributed by atoms with Gasteiger partial charge in [-0.3, -0.25) is 4.79 Å². The van der Waals surface area contributed by atoms with Crippen molar-refractivity contribution in [2.24, 2.45) is 0 Å². The smallest absolute Gasteiger partial charge is 0.244 e.